The minimum Gasteiger partial charge on any atom is -0.399 e. The molecule has 1 aromatic rings. The number of amides is 1. The number of carbonyl (C=O) groups excluding carboxylic acids is 1. The largest absolute Gasteiger partial charge is 0.399 e. The first-order valence-corrected chi connectivity index (χ1v) is 7.67. The molecule has 2 atom stereocenters. The van der Waals surface area contributed by atoms with Crippen molar-refractivity contribution in [1.29, 1.82) is 0 Å². The lowest BCUT2D eigenvalue weighted by Crippen LogP contribution is -2.38. The third kappa shape index (κ3) is 4.67. The van der Waals surface area contributed by atoms with Gasteiger partial charge in [0.25, 0.3) is 0 Å². The van der Waals surface area contributed by atoms with Crippen molar-refractivity contribution >= 4 is 22.4 Å². The maximum atomic E-state index is 12.1. The molecule has 4 nitrogen and oxygen atoms in total. The van der Waals surface area contributed by atoms with Gasteiger partial charge in [-0.05, 0) is 43.5 Å². The number of nitrogens with two attached hydrogens (primary N) is 1. The molecule has 0 aliphatic heterocycles. The van der Waals surface area contributed by atoms with Gasteiger partial charge in [-0.15, -0.1) is 0 Å². The molecule has 106 valence electrons. The van der Waals surface area contributed by atoms with Crippen LogP contribution in [0, 0.1) is 12.8 Å². The van der Waals surface area contributed by atoms with Crippen LogP contribution in [-0.2, 0) is 15.6 Å². The molecule has 0 aromatic heterocycles. The molecule has 5 heteroatoms. The third-order valence-corrected chi connectivity index (χ3v) is 4.46. The average molecular weight is 282 g/mol. The second-order valence-corrected chi connectivity index (χ2v) is 6.56. The van der Waals surface area contributed by atoms with E-state index in [-0.39, 0.29) is 17.7 Å². The summed E-state index contributed by atoms with van der Waals surface area (Å²) in [6.45, 7) is 7.87. The summed E-state index contributed by atoms with van der Waals surface area (Å²) in [6, 6.07) is 5.28. The van der Waals surface area contributed by atoms with Gasteiger partial charge in [-0.25, -0.2) is 0 Å². The van der Waals surface area contributed by atoms with Crippen LogP contribution < -0.4 is 11.1 Å². The monoisotopic (exact) mass is 282 g/mol. The summed E-state index contributed by atoms with van der Waals surface area (Å²) in [5.74, 6) is 0.158. The molecule has 0 aliphatic rings. The Morgan fingerprint density at radius 2 is 2.00 bits per heavy atom. The Balaban J connectivity index is 2.64. The van der Waals surface area contributed by atoms with Gasteiger partial charge in [-0.1, -0.05) is 13.8 Å². The Bertz CT molecular complexity index is 486. The smallest absolute Gasteiger partial charge is 0.233 e. The number of rotatable bonds is 5. The van der Waals surface area contributed by atoms with Crippen molar-refractivity contribution in [2.75, 3.05) is 11.5 Å². The lowest BCUT2D eigenvalue weighted by molar-refractivity contribution is -0.119. The fourth-order valence-corrected chi connectivity index (χ4v) is 2.47. The Morgan fingerprint density at radius 3 is 2.53 bits per heavy atom. The van der Waals surface area contributed by atoms with Crippen molar-refractivity contribution in [3.8, 4) is 0 Å². The SMILES string of the molecule is Cc1cc(S(=O)CC(=O)NC(C)C(C)C)ccc1N. The molecular formula is C14H22N2O2S. The Kier molecular flexibility index (Phi) is 5.54. The van der Waals surface area contributed by atoms with E-state index < -0.39 is 10.8 Å². The molecule has 0 fully saturated rings. The summed E-state index contributed by atoms with van der Waals surface area (Å²) in [6.07, 6.45) is 0. The molecule has 0 saturated heterocycles. The van der Waals surface area contributed by atoms with Crippen molar-refractivity contribution in [3.63, 3.8) is 0 Å². The minimum atomic E-state index is -1.33. The van der Waals surface area contributed by atoms with E-state index in [1.807, 2.05) is 27.7 Å². The van der Waals surface area contributed by atoms with Crippen LogP contribution in [0.2, 0.25) is 0 Å². The van der Waals surface area contributed by atoms with E-state index in [1.165, 1.54) is 0 Å². The molecule has 1 rings (SSSR count). The number of aryl methyl sites for hydroxylation is 1. The average Bonchev–Trinajstić information content (AvgIpc) is 2.32. The topological polar surface area (TPSA) is 72.2 Å². The van der Waals surface area contributed by atoms with Crippen molar-refractivity contribution in [2.24, 2.45) is 5.92 Å². The highest BCUT2D eigenvalue weighted by Crippen LogP contribution is 2.15. The van der Waals surface area contributed by atoms with Gasteiger partial charge in [-0.3, -0.25) is 9.00 Å². The Morgan fingerprint density at radius 1 is 1.37 bits per heavy atom. The van der Waals surface area contributed by atoms with E-state index in [4.69, 9.17) is 5.73 Å². The molecule has 0 saturated carbocycles. The summed E-state index contributed by atoms with van der Waals surface area (Å²) in [7, 11) is -1.33. The Hall–Kier alpha value is -1.36. The second kappa shape index (κ2) is 6.70. The number of anilines is 1. The van der Waals surface area contributed by atoms with Gasteiger partial charge < -0.3 is 11.1 Å². The maximum Gasteiger partial charge on any atom is 0.233 e. The molecule has 3 N–H and O–H groups in total. The molecule has 1 aromatic carbocycles. The van der Waals surface area contributed by atoms with E-state index in [9.17, 15) is 9.00 Å². The first-order valence-electron chi connectivity index (χ1n) is 6.35. The van der Waals surface area contributed by atoms with Crippen molar-refractivity contribution < 1.29 is 9.00 Å². The van der Waals surface area contributed by atoms with Crippen LogP contribution in [0.25, 0.3) is 0 Å². The standard InChI is InChI=1S/C14H22N2O2S/c1-9(2)11(4)16-14(17)8-19(18)12-5-6-13(15)10(3)7-12/h5-7,9,11H,8,15H2,1-4H3,(H,16,17). The maximum absolute atomic E-state index is 12.1. The molecule has 0 spiro atoms. The van der Waals surface area contributed by atoms with Crippen LogP contribution in [0.3, 0.4) is 0 Å². The van der Waals surface area contributed by atoms with Gasteiger partial charge in [-0.2, -0.15) is 0 Å². The van der Waals surface area contributed by atoms with Gasteiger partial charge in [0, 0.05) is 16.6 Å². The van der Waals surface area contributed by atoms with Crippen LogP contribution in [0.15, 0.2) is 23.1 Å². The molecule has 19 heavy (non-hydrogen) atoms. The number of nitrogen functional groups attached to an aromatic ring is 1. The van der Waals surface area contributed by atoms with E-state index in [2.05, 4.69) is 5.32 Å². The zero-order valence-electron chi connectivity index (χ0n) is 11.9. The highest BCUT2D eigenvalue weighted by molar-refractivity contribution is 7.85. The van der Waals surface area contributed by atoms with Crippen LogP contribution in [-0.4, -0.2) is 21.9 Å². The van der Waals surface area contributed by atoms with E-state index in [0.29, 0.717) is 16.5 Å². The molecule has 0 bridgehead atoms. The van der Waals surface area contributed by atoms with Crippen LogP contribution >= 0.6 is 0 Å². The van der Waals surface area contributed by atoms with Crippen molar-refractivity contribution in [3.05, 3.63) is 23.8 Å². The van der Waals surface area contributed by atoms with Gasteiger partial charge in [0.1, 0.15) is 5.75 Å². The molecule has 2 unspecified atom stereocenters. The van der Waals surface area contributed by atoms with E-state index in [1.54, 1.807) is 18.2 Å². The van der Waals surface area contributed by atoms with Gasteiger partial charge in [0.05, 0.1) is 10.8 Å². The summed E-state index contributed by atoms with van der Waals surface area (Å²) in [5, 5.41) is 2.85. The van der Waals surface area contributed by atoms with Crippen LogP contribution in [0.4, 0.5) is 5.69 Å². The van der Waals surface area contributed by atoms with E-state index >= 15 is 0 Å². The predicted molar refractivity (Wildman–Crippen MR) is 79.3 cm³/mol. The molecule has 0 radical (unpaired) electrons. The van der Waals surface area contributed by atoms with Gasteiger partial charge in [0.2, 0.25) is 5.91 Å². The Labute approximate surface area is 117 Å². The first kappa shape index (κ1) is 15.7. The predicted octanol–water partition coefficient (Wildman–Crippen LogP) is 1.85. The number of hydrogen-bond acceptors (Lipinski definition) is 3. The molecule has 0 aliphatic carbocycles. The summed E-state index contributed by atoms with van der Waals surface area (Å²) in [4.78, 5) is 12.4. The van der Waals surface area contributed by atoms with Crippen molar-refractivity contribution in [1.82, 2.24) is 5.32 Å². The summed E-state index contributed by atoms with van der Waals surface area (Å²) >= 11 is 0. The fourth-order valence-electron chi connectivity index (χ4n) is 1.45. The number of benzene rings is 1. The third-order valence-electron chi connectivity index (χ3n) is 3.16. The quantitative estimate of drug-likeness (QED) is 0.810. The zero-order chi connectivity index (χ0) is 14.6. The highest BCUT2D eigenvalue weighted by Gasteiger charge is 2.14. The second-order valence-electron chi connectivity index (χ2n) is 5.11. The van der Waals surface area contributed by atoms with Crippen molar-refractivity contribution in [2.45, 2.75) is 38.6 Å². The number of carbonyl (C=O) groups is 1. The van der Waals surface area contributed by atoms with Gasteiger partial charge in [0.15, 0.2) is 0 Å². The van der Waals surface area contributed by atoms with Gasteiger partial charge >= 0.3 is 0 Å². The number of hydrogen-bond donors (Lipinski definition) is 2. The molecule has 0 heterocycles. The number of nitrogens with one attached hydrogen (secondary N) is 1. The zero-order valence-corrected chi connectivity index (χ0v) is 12.7. The van der Waals surface area contributed by atoms with E-state index in [0.717, 1.165) is 5.56 Å². The van der Waals surface area contributed by atoms with Crippen LogP contribution in [0.1, 0.15) is 26.3 Å². The van der Waals surface area contributed by atoms with Crippen LogP contribution in [0.5, 0.6) is 0 Å². The molecular weight excluding hydrogens is 260 g/mol. The fraction of sp³-hybridized carbons (Fsp3) is 0.500. The first-order chi connectivity index (χ1) is 8.81. The minimum absolute atomic E-state index is 0.0135. The highest BCUT2D eigenvalue weighted by atomic mass is 32.2. The summed E-state index contributed by atoms with van der Waals surface area (Å²) in [5.41, 5.74) is 7.25. The molecule has 1 amide bonds. The summed E-state index contributed by atoms with van der Waals surface area (Å²) < 4.78 is 12.1. The normalized spacial score (nSPS) is 14.2. The lowest BCUT2D eigenvalue weighted by atomic mass is 10.1. The lowest BCUT2D eigenvalue weighted by Gasteiger charge is -2.17.